The molecular weight excluding hydrogens is 1460 g/mol. The number of nitrogens with one attached hydrogen (secondary N) is 4. The van der Waals surface area contributed by atoms with Crippen molar-refractivity contribution in [2.24, 2.45) is 10.8 Å². The zero-order valence-corrected chi connectivity index (χ0v) is 58.0. The molecule has 29 nitrogen and oxygen atoms in total. The number of aromatic amines is 1. The van der Waals surface area contributed by atoms with Crippen molar-refractivity contribution in [2.75, 3.05) is 80.1 Å². The van der Waals surface area contributed by atoms with Gasteiger partial charge >= 0.3 is 0 Å². The monoisotopic (exact) mass is 1510 g/mol. The number of anilines is 6. The SMILES string of the molecule is C1NCC12COC2.CS(=O)(=O)c1nc(Cl)cc(Cl)n1.N#Cc1ccn(-c2nc(Cl)cc(Cl)n2)n1.N#Cc1ccn(-c2nc(Cl)cc(Nc3ccc(Cl)cc3)n2)n1.N#Cc1ccn(-c2nc(Nc3ccc(Cl)cc3)cc(N3CC4(COC4)C3)n2)n1.N#Cc1ccn[nH]1.Nc1ccc(Cl)cc1. The van der Waals surface area contributed by atoms with E-state index in [9.17, 15) is 8.42 Å². The predicted octanol–water partition coefficient (Wildman–Crippen LogP) is 11.2. The summed E-state index contributed by atoms with van der Waals surface area (Å²) in [6, 6.07) is 41.9. The van der Waals surface area contributed by atoms with Crippen molar-refractivity contribution >= 4 is 137 Å². The minimum atomic E-state index is -3.44. The van der Waals surface area contributed by atoms with Crippen molar-refractivity contribution in [3.05, 3.63) is 210 Å². The van der Waals surface area contributed by atoms with Crippen molar-refractivity contribution in [1.29, 1.82) is 21.0 Å². The lowest BCUT2D eigenvalue weighted by molar-refractivity contribution is -0.139. The van der Waals surface area contributed by atoms with Crippen LogP contribution in [0.5, 0.6) is 0 Å². The van der Waals surface area contributed by atoms with Gasteiger partial charge in [0.25, 0.3) is 17.8 Å². The van der Waals surface area contributed by atoms with E-state index in [-0.39, 0.29) is 59.6 Å². The van der Waals surface area contributed by atoms with E-state index >= 15 is 0 Å². The summed E-state index contributed by atoms with van der Waals surface area (Å²) in [5.41, 5.74) is 10.0. The van der Waals surface area contributed by atoms with Gasteiger partial charge in [0.15, 0.2) is 17.1 Å². The lowest BCUT2D eigenvalue weighted by Crippen LogP contribution is -2.66. The Hall–Kier alpha value is -9.87. The molecule has 11 aromatic rings. The van der Waals surface area contributed by atoms with Gasteiger partial charge in [0.05, 0.1) is 38.0 Å². The minimum Gasteiger partial charge on any atom is -0.399 e. The van der Waals surface area contributed by atoms with Crippen molar-refractivity contribution in [3.8, 4) is 42.1 Å². The number of hydrogen-bond acceptors (Lipinski definition) is 25. The lowest BCUT2D eigenvalue weighted by Gasteiger charge is -2.55. The molecule has 0 radical (unpaired) electrons. The molecule has 4 aliphatic heterocycles. The molecule has 8 aromatic heterocycles. The molecule has 4 fully saturated rings. The molecule has 0 saturated carbocycles. The summed E-state index contributed by atoms with van der Waals surface area (Å²) in [5, 5.41) is 64.7. The number of benzene rings is 3. The van der Waals surface area contributed by atoms with Crippen LogP contribution >= 0.6 is 92.8 Å². The maximum absolute atomic E-state index is 10.9. The van der Waals surface area contributed by atoms with Gasteiger partial charge in [0, 0.05) is 113 Å². The topological polar surface area (TPSA) is 398 Å². The fourth-order valence-corrected chi connectivity index (χ4v) is 10.6. The number of hydrogen-bond donors (Lipinski definition) is 5. The molecule has 0 unspecified atom stereocenters. The van der Waals surface area contributed by atoms with Gasteiger partial charge in [0.1, 0.15) is 73.2 Å². The normalized spacial score (nSPS) is 13.7. The number of sulfone groups is 1. The van der Waals surface area contributed by atoms with E-state index in [1.165, 1.54) is 45.3 Å². The zero-order valence-electron chi connectivity index (χ0n) is 51.1. The van der Waals surface area contributed by atoms with E-state index in [1.54, 1.807) is 85.5 Å². The molecule has 504 valence electrons. The van der Waals surface area contributed by atoms with Crippen LogP contribution in [0.25, 0.3) is 17.8 Å². The minimum absolute atomic E-state index is 0.00965. The van der Waals surface area contributed by atoms with Gasteiger partial charge in [-0.2, -0.15) is 71.3 Å². The number of nitrogens with zero attached hydrogens (tertiary/aromatic N) is 20. The molecule has 12 heterocycles. The van der Waals surface area contributed by atoms with Gasteiger partial charge in [-0.05, 0) is 97.1 Å². The van der Waals surface area contributed by atoms with E-state index in [4.69, 9.17) is 129 Å². The smallest absolute Gasteiger partial charge is 0.254 e. The Labute approximate surface area is 604 Å². The molecule has 3 aromatic carbocycles. The molecule has 99 heavy (non-hydrogen) atoms. The molecule has 2 spiro atoms. The van der Waals surface area contributed by atoms with Gasteiger partial charge in [-0.3, -0.25) is 5.10 Å². The largest absolute Gasteiger partial charge is 0.399 e. The summed E-state index contributed by atoms with van der Waals surface area (Å²) in [6.07, 6.45) is 7.35. The van der Waals surface area contributed by atoms with E-state index < -0.39 is 9.84 Å². The second kappa shape index (κ2) is 34.1. The van der Waals surface area contributed by atoms with Crippen LogP contribution in [0.4, 0.5) is 34.5 Å². The van der Waals surface area contributed by atoms with Crippen LogP contribution in [0.3, 0.4) is 0 Å². The number of nitrogen functional groups attached to an aromatic ring is 1. The van der Waals surface area contributed by atoms with Gasteiger partial charge in [-0.25, -0.2) is 32.4 Å². The van der Waals surface area contributed by atoms with Crippen LogP contribution in [0.15, 0.2) is 151 Å². The highest BCUT2D eigenvalue weighted by molar-refractivity contribution is 7.90. The first-order valence-electron chi connectivity index (χ1n) is 28.5. The molecule has 0 bridgehead atoms. The Bertz CT molecular complexity index is 4770. The average Bonchev–Trinajstić information content (AvgIpc) is 1.26. The summed E-state index contributed by atoms with van der Waals surface area (Å²) in [6.45, 7) is 7.81. The predicted molar refractivity (Wildman–Crippen MR) is 372 cm³/mol. The molecule has 38 heteroatoms. The Morgan fingerprint density at radius 2 is 0.909 bits per heavy atom. The molecule has 4 saturated heterocycles. The Kier molecular flexibility index (Phi) is 25.3. The standard InChI is InChI=1S/C19H16ClN7O.C14H8Cl2N6.C8H3Cl2N5.C6H6ClN.C5H4Cl2N2O2S.C5H9NO.C4H3N3/c20-13-1-3-14(4-2-13)22-16-7-17(26-9-19(10-26)11-28-12-19)24-18(23-16)27-6-5-15(8-21)25-27;15-9-1-3-10(4-2-9)18-13-7-12(16)19-14(20-13)22-6-5-11(8-17)21-22;9-6-3-7(10)13-8(12-6)15-2-1-5(4-11)14-15;7-5-1-3-6(8)4-2-5;1-12(10,11)5-8-3(6)2-4(7)9-5;1-5(2-6-1)3-7-4-5;5-3-4-1-2-6-7-4/h1-7H,9-12H2,(H,22,23,24);1-7H,(H,18,19,20);1-3H;1-4H,8H2;2H,1H3;6H,1-4H2;1-2H,(H,6,7). The molecule has 4 aliphatic rings. The van der Waals surface area contributed by atoms with Crippen molar-refractivity contribution < 1.29 is 17.9 Å². The molecule has 6 N–H and O–H groups in total. The second-order valence-corrected chi connectivity index (χ2v) is 26.4. The number of aromatic nitrogens is 16. The number of halogens is 8. The van der Waals surface area contributed by atoms with Crippen LogP contribution in [0.2, 0.25) is 40.8 Å². The van der Waals surface area contributed by atoms with E-state index in [0.29, 0.717) is 44.4 Å². The summed E-state index contributed by atoms with van der Waals surface area (Å²) < 4.78 is 36.4. The first-order valence-corrected chi connectivity index (χ1v) is 33.4. The summed E-state index contributed by atoms with van der Waals surface area (Å²) in [4.78, 5) is 34.6. The number of nitrogens with two attached hydrogens (primary N) is 1. The highest BCUT2D eigenvalue weighted by Gasteiger charge is 2.49. The van der Waals surface area contributed by atoms with Crippen molar-refractivity contribution in [2.45, 2.75) is 5.16 Å². The fourth-order valence-electron chi connectivity index (χ4n) is 8.54. The van der Waals surface area contributed by atoms with Gasteiger partial charge in [-0.1, -0.05) is 92.8 Å². The van der Waals surface area contributed by atoms with Crippen LogP contribution in [0.1, 0.15) is 22.8 Å². The maximum atomic E-state index is 10.9. The number of ether oxygens (including phenoxy) is 2. The summed E-state index contributed by atoms with van der Waals surface area (Å²) in [5.74, 6) is 2.86. The fraction of sp³-hybridized carbons (Fsp3) is 0.180. The van der Waals surface area contributed by atoms with Gasteiger partial charge in [0.2, 0.25) is 15.0 Å². The molecule has 0 aliphatic carbocycles. The lowest BCUT2D eigenvalue weighted by atomic mass is 9.78. The van der Waals surface area contributed by atoms with E-state index in [1.807, 2.05) is 66.7 Å². The van der Waals surface area contributed by atoms with Crippen molar-refractivity contribution in [3.63, 3.8) is 0 Å². The third-order valence-corrected chi connectivity index (χ3v) is 16.0. The summed E-state index contributed by atoms with van der Waals surface area (Å²) >= 11 is 45.7. The van der Waals surface area contributed by atoms with Crippen LogP contribution < -0.4 is 26.6 Å². The highest BCUT2D eigenvalue weighted by atomic mass is 35.5. The Balaban J connectivity index is 0.000000144. The Morgan fingerprint density at radius 3 is 1.24 bits per heavy atom. The van der Waals surface area contributed by atoms with E-state index in [0.717, 1.165) is 73.7 Å². The molecule has 0 amide bonds. The van der Waals surface area contributed by atoms with E-state index in [2.05, 4.69) is 86.2 Å². The number of H-pyrrole nitrogens is 1. The first-order chi connectivity index (χ1) is 47.5. The molecule has 0 atom stereocenters. The van der Waals surface area contributed by atoms with Crippen LogP contribution in [0, 0.1) is 56.2 Å². The third kappa shape index (κ3) is 21.6. The molecular formula is C61H49Cl8N25O4S. The molecule has 15 rings (SSSR count). The van der Waals surface area contributed by atoms with Crippen LogP contribution in [-0.2, 0) is 19.3 Å². The van der Waals surface area contributed by atoms with Crippen molar-refractivity contribution in [1.82, 2.24) is 84.7 Å². The maximum Gasteiger partial charge on any atom is 0.254 e. The first kappa shape index (κ1) is 73.4. The third-order valence-electron chi connectivity index (χ3n) is 13.5. The summed E-state index contributed by atoms with van der Waals surface area (Å²) in [7, 11) is -3.44. The van der Waals surface area contributed by atoms with Crippen LogP contribution in [-0.4, -0.2) is 147 Å². The van der Waals surface area contributed by atoms with Gasteiger partial charge in [-0.15, -0.1) is 0 Å². The number of rotatable bonds is 9. The quantitative estimate of drug-likeness (QED) is 0.0509. The zero-order chi connectivity index (χ0) is 70.7. The second-order valence-electron chi connectivity index (χ2n) is 21.3. The number of nitriles is 4. The highest BCUT2D eigenvalue weighted by Crippen LogP contribution is 2.40. The Morgan fingerprint density at radius 1 is 0.505 bits per heavy atom. The van der Waals surface area contributed by atoms with Gasteiger partial charge < -0.3 is 36.1 Å². The average molecular weight is 1510 g/mol.